The molecule has 1 aromatic carbocycles. The summed E-state index contributed by atoms with van der Waals surface area (Å²) in [5, 5.41) is 6.87. The Morgan fingerprint density at radius 1 is 1.19 bits per heavy atom. The van der Waals surface area contributed by atoms with E-state index in [9.17, 15) is 4.79 Å². The molecule has 148 valence electrons. The summed E-state index contributed by atoms with van der Waals surface area (Å²) in [6.07, 6.45) is 4.21. The van der Waals surface area contributed by atoms with Crippen LogP contribution in [0.3, 0.4) is 0 Å². The van der Waals surface area contributed by atoms with Crippen molar-refractivity contribution >= 4 is 17.6 Å². The molecule has 1 aromatic rings. The maximum Gasteiger partial charge on any atom is 0.227 e. The molecule has 6 nitrogen and oxygen atoms in total. The number of anilines is 1. The van der Waals surface area contributed by atoms with Gasteiger partial charge >= 0.3 is 0 Å². The Balaban J connectivity index is 1.44. The molecule has 3 rings (SSSR count). The lowest BCUT2D eigenvalue weighted by atomic mass is 9.98. The molecular formula is C21H33N5O. The molecule has 6 heteroatoms. The fourth-order valence-corrected chi connectivity index (χ4v) is 3.97. The smallest absolute Gasteiger partial charge is 0.227 e. The fourth-order valence-electron chi connectivity index (χ4n) is 3.97. The molecule has 0 aromatic heterocycles. The second-order valence-corrected chi connectivity index (χ2v) is 7.52. The molecule has 0 radical (unpaired) electrons. The van der Waals surface area contributed by atoms with Crippen molar-refractivity contribution in [3.05, 3.63) is 29.8 Å². The number of carbonyl (C=O) groups excluding carboxylic acids is 1. The molecule has 2 N–H and O–H groups in total. The van der Waals surface area contributed by atoms with Gasteiger partial charge in [0.25, 0.3) is 0 Å². The van der Waals surface area contributed by atoms with Gasteiger partial charge in [0.2, 0.25) is 5.91 Å². The summed E-state index contributed by atoms with van der Waals surface area (Å²) in [5.74, 6) is 1.77. The van der Waals surface area contributed by atoms with Gasteiger partial charge in [0.15, 0.2) is 5.96 Å². The van der Waals surface area contributed by atoms with Crippen LogP contribution in [0.25, 0.3) is 0 Å². The highest BCUT2D eigenvalue weighted by Gasteiger charge is 2.21. The molecule has 2 aliphatic rings. The van der Waals surface area contributed by atoms with E-state index in [0.29, 0.717) is 12.3 Å². The zero-order valence-corrected chi connectivity index (χ0v) is 16.7. The van der Waals surface area contributed by atoms with Gasteiger partial charge in [-0.15, -0.1) is 0 Å². The van der Waals surface area contributed by atoms with Crippen molar-refractivity contribution < 1.29 is 4.79 Å². The molecule has 0 spiro atoms. The Hall–Kier alpha value is -2.08. The summed E-state index contributed by atoms with van der Waals surface area (Å²) in [7, 11) is 1.82. The average Bonchev–Trinajstić information content (AvgIpc) is 3.14. The van der Waals surface area contributed by atoms with E-state index in [0.717, 1.165) is 44.2 Å². The summed E-state index contributed by atoms with van der Waals surface area (Å²) in [6.45, 7) is 8.31. The van der Waals surface area contributed by atoms with E-state index in [1.165, 1.54) is 31.5 Å². The van der Waals surface area contributed by atoms with Crippen LogP contribution in [-0.4, -0.2) is 56.5 Å². The molecule has 2 saturated heterocycles. The van der Waals surface area contributed by atoms with E-state index in [-0.39, 0.29) is 5.91 Å². The molecule has 0 saturated carbocycles. The second-order valence-electron chi connectivity index (χ2n) is 7.52. The second kappa shape index (κ2) is 9.74. The first-order valence-electron chi connectivity index (χ1n) is 10.3. The Morgan fingerprint density at radius 2 is 2.00 bits per heavy atom. The van der Waals surface area contributed by atoms with Crippen LogP contribution >= 0.6 is 0 Å². The van der Waals surface area contributed by atoms with E-state index >= 15 is 0 Å². The topological polar surface area (TPSA) is 60.0 Å². The van der Waals surface area contributed by atoms with Crippen LogP contribution in [0, 0.1) is 5.92 Å². The van der Waals surface area contributed by atoms with Crippen molar-refractivity contribution in [1.82, 2.24) is 15.5 Å². The van der Waals surface area contributed by atoms with Crippen molar-refractivity contribution in [3.63, 3.8) is 0 Å². The molecule has 1 unspecified atom stereocenters. The lowest BCUT2D eigenvalue weighted by Gasteiger charge is -2.32. The molecule has 2 heterocycles. The highest BCUT2D eigenvalue weighted by Crippen LogP contribution is 2.21. The Bertz CT molecular complexity index is 642. The minimum absolute atomic E-state index is 0.231. The summed E-state index contributed by atoms with van der Waals surface area (Å²) < 4.78 is 0. The van der Waals surface area contributed by atoms with Crippen LogP contribution in [0.15, 0.2) is 29.3 Å². The van der Waals surface area contributed by atoms with Crippen molar-refractivity contribution in [1.29, 1.82) is 0 Å². The van der Waals surface area contributed by atoms with Crippen molar-refractivity contribution in [2.45, 2.75) is 39.2 Å². The number of amides is 1. The first-order chi connectivity index (χ1) is 13.2. The van der Waals surface area contributed by atoms with Gasteiger partial charge in [-0.2, -0.15) is 0 Å². The molecule has 2 aliphatic heterocycles. The SMILES string of the molecule is CCN1CCCC(CNC(=NC)NCc2ccc(N3CCCC3=O)cc2)C1. The van der Waals surface area contributed by atoms with Gasteiger partial charge < -0.3 is 20.4 Å². The highest BCUT2D eigenvalue weighted by atomic mass is 16.2. The number of likely N-dealkylation sites (tertiary alicyclic amines) is 1. The fraction of sp³-hybridized carbons (Fsp3) is 0.619. The van der Waals surface area contributed by atoms with Gasteiger partial charge in [-0.3, -0.25) is 9.79 Å². The van der Waals surface area contributed by atoms with Crippen LogP contribution in [0.1, 0.15) is 38.2 Å². The predicted octanol–water partition coefficient (Wildman–Crippen LogP) is 2.21. The van der Waals surface area contributed by atoms with Gasteiger partial charge in [-0.05, 0) is 56.0 Å². The van der Waals surface area contributed by atoms with E-state index in [1.54, 1.807) is 0 Å². The number of nitrogens with zero attached hydrogens (tertiary/aromatic N) is 3. The lowest BCUT2D eigenvalue weighted by Crippen LogP contribution is -2.44. The van der Waals surface area contributed by atoms with Crippen molar-refractivity contribution in [3.8, 4) is 0 Å². The first kappa shape index (κ1) is 19.7. The molecule has 1 atom stereocenters. The minimum Gasteiger partial charge on any atom is -0.356 e. The van der Waals surface area contributed by atoms with E-state index in [4.69, 9.17) is 0 Å². The normalized spacial score (nSPS) is 21.6. The van der Waals surface area contributed by atoms with E-state index in [1.807, 2.05) is 24.1 Å². The summed E-state index contributed by atoms with van der Waals surface area (Å²) in [4.78, 5) is 20.6. The third-order valence-electron chi connectivity index (χ3n) is 5.61. The maximum atomic E-state index is 11.8. The molecule has 0 aliphatic carbocycles. The zero-order chi connectivity index (χ0) is 19.1. The molecule has 2 fully saturated rings. The largest absolute Gasteiger partial charge is 0.356 e. The van der Waals surface area contributed by atoms with Crippen LogP contribution in [0.4, 0.5) is 5.69 Å². The number of guanidine groups is 1. The molecule has 0 bridgehead atoms. The van der Waals surface area contributed by atoms with Crippen molar-refractivity contribution in [2.24, 2.45) is 10.9 Å². The van der Waals surface area contributed by atoms with Crippen molar-refractivity contribution in [2.75, 3.05) is 44.7 Å². The van der Waals surface area contributed by atoms with Gasteiger partial charge in [0, 0.05) is 45.3 Å². The van der Waals surface area contributed by atoms with Gasteiger partial charge in [-0.1, -0.05) is 19.1 Å². The minimum atomic E-state index is 0.231. The summed E-state index contributed by atoms with van der Waals surface area (Å²) in [5.41, 5.74) is 2.18. The number of hydrogen-bond acceptors (Lipinski definition) is 3. The molecule has 1 amide bonds. The van der Waals surface area contributed by atoms with Gasteiger partial charge in [0.1, 0.15) is 0 Å². The van der Waals surface area contributed by atoms with Gasteiger partial charge in [-0.25, -0.2) is 0 Å². The monoisotopic (exact) mass is 371 g/mol. The Kier molecular flexibility index (Phi) is 7.10. The lowest BCUT2D eigenvalue weighted by molar-refractivity contribution is -0.117. The molecule has 27 heavy (non-hydrogen) atoms. The number of benzene rings is 1. The number of carbonyl (C=O) groups is 1. The number of nitrogens with one attached hydrogen (secondary N) is 2. The van der Waals surface area contributed by atoms with Crippen LogP contribution in [-0.2, 0) is 11.3 Å². The Labute approximate surface area is 163 Å². The van der Waals surface area contributed by atoms with Crippen LogP contribution in [0.2, 0.25) is 0 Å². The van der Waals surface area contributed by atoms with Gasteiger partial charge in [0.05, 0.1) is 0 Å². The summed E-state index contributed by atoms with van der Waals surface area (Å²) in [6, 6.07) is 8.25. The maximum absolute atomic E-state index is 11.8. The number of aliphatic imine (C=N–C) groups is 1. The first-order valence-corrected chi connectivity index (χ1v) is 10.3. The Morgan fingerprint density at radius 3 is 2.67 bits per heavy atom. The standard InChI is InChI=1S/C21H33N5O/c1-3-25-12-4-6-18(16-25)15-24-21(22-2)23-14-17-8-10-19(11-9-17)26-13-5-7-20(26)27/h8-11,18H,3-7,12-16H2,1-2H3,(H2,22,23,24). The number of hydrogen-bond donors (Lipinski definition) is 2. The van der Waals surface area contributed by atoms with E-state index in [2.05, 4.69) is 39.6 Å². The average molecular weight is 372 g/mol. The third kappa shape index (κ3) is 5.45. The number of rotatable bonds is 6. The zero-order valence-electron chi connectivity index (χ0n) is 16.7. The molecular weight excluding hydrogens is 338 g/mol. The van der Waals surface area contributed by atoms with Crippen LogP contribution < -0.4 is 15.5 Å². The van der Waals surface area contributed by atoms with E-state index < -0.39 is 0 Å². The third-order valence-corrected chi connectivity index (χ3v) is 5.61. The number of piperidine rings is 1. The summed E-state index contributed by atoms with van der Waals surface area (Å²) >= 11 is 0. The predicted molar refractivity (Wildman–Crippen MR) is 111 cm³/mol. The quantitative estimate of drug-likeness (QED) is 0.595. The highest BCUT2D eigenvalue weighted by molar-refractivity contribution is 5.95. The van der Waals surface area contributed by atoms with Crippen LogP contribution in [0.5, 0.6) is 0 Å².